The molecule has 0 saturated heterocycles. The van der Waals surface area contributed by atoms with Crippen molar-refractivity contribution >= 4 is 23.9 Å². The number of benzene rings is 3. The van der Waals surface area contributed by atoms with Crippen LogP contribution in [0.4, 0.5) is 0 Å². The second kappa shape index (κ2) is 6.09. The number of hydrogen-bond donors (Lipinski definition) is 0. The Morgan fingerprint density at radius 2 is 1.30 bits per heavy atom. The summed E-state index contributed by atoms with van der Waals surface area (Å²) in [6.07, 6.45) is 0. The summed E-state index contributed by atoms with van der Waals surface area (Å²) in [5.74, 6) is 0. The van der Waals surface area contributed by atoms with E-state index in [1.165, 1.54) is 25.6 Å². The first-order valence-electron chi connectivity index (χ1n) is 6.72. The standard InChI is InChI=1S/C19H16Se/c1-15-11-13-17(14-12-15)20-19-10-6-5-9-18(19)16-7-3-2-4-8-16/h2-14H,1H3. The summed E-state index contributed by atoms with van der Waals surface area (Å²) in [5, 5.41) is 0. The second-order valence-corrected chi connectivity index (χ2v) is 7.12. The third-order valence-corrected chi connectivity index (χ3v) is 5.49. The zero-order valence-corrected chi connectivity index (χ0v) is 13.1. The second-order valence-electron chi connectivity index (χ2n) is 4.78. The molecule has 0 radical (unpaired) electrons. The molecule has 0 nitrogen and oxygen atoms in total. The van der Waals surface area contributed by atoms with Gasteiger partial charge in [0.25, 0.3) is 0 Å². The van der Waals surface area contributed by atoms with Crippen molar-refractivity contribution in [3.05, 3.63) is 84.4 Å². The molecule has 0 unspecified atom stereocenters. The summed E-state index contributed by atoms with van der Waals surface area (Å²) in [7, 11) is 0. The first kappa shape index (κ1) is 13.2. The molecule has 0 aromatic heterocycles. The molecule has 0 fully saturated rings. The van der Waals surface area contributed by atoms with E-state index in [-0.39, 0.29) is 0 Å². The van der Waals surface area contributed by atoms with E-state index in [4.69, 9.17) is 0 Å². The van der Waals surface area contributed by atoms with Gasteiger partial charge in [-0.3, -0.25) is 0 Å². The van der Waals surface area contributed by atoms with Gasteiger partial charge >= 0.3 is 126 Å². The normalized spacial score (nSPS) is 10.4. The molecular weight excluding hydrogens is 307 g/mol. The van der Waals surface area contributed by atoms with Crippen LogP contribution in [0.25, 0.3) is 11.1 Å². The molecule has 20 heavy (non-hydrogen) atoms. The number of rotatable bonds is 3. The van der Waals surface area contributed by atoms with Crippen molar-refractivity contribution in [2.24, 2.45) is 0 Å². The quantitative estimate of drug-likeness (QED) is 0.649. The average molecular weight is 323 g/mol. The Morgan fingerprint density at radius 1 is 0.650 bits per heavy atom. The molecule has 0 amide bonds. The molecule has 98 valence electrons. The van der Waals surface area contributed by atoms with E-state index in [1.54, 1.807) is 0 Å². The molecule has 0 bridgehead atoms. The van der Waals surface area contributed by atoms with Crippen LogP contribution in [0.5, 0.6) is 0 Å². The van der Waals surface area contributed by atoms with Crippen molar-refractivity contribution in [2.75, 3.05) is 0 Å². The van der Waals surface area contributed by atoms with Crippen molar-refractivity contribution in [3.63, 3.8) is 0 Å². The van der Waals surface area contributed by atoms with Gasteiger partial charge in [0.1, 0.15) is 0 Å². The molecule has 3 aromatic rings. The van der Waals surface area contributed by atoms with Crippen LogP contribution in [0.3, 0.4) is 0 Å². The third-order valence-electron chi connectivity index (χ3n) is 3.22. The summed E-state index contributed by atoms with van der Waals surface area (Å²) >= 11 is 0.347. The Morgan fingerprint density at radius 3 is 2.05 bits per heavy atom. The molecule has 0 aliphatic rings. The van der Waals surface area contributed by atoms with Crippen LogP contribution >= 0.6 is 0 Å². The molecule has 0 spiro atoms. The first-order chi connectivity index (χ1) is 9.83. The van der Waals surface area contributed by atoms with Crippen LogP contribution in [0.2, 0.25) is 0 Å². The molecule has 1 heteroatoms. The zero-order chi connectivity index (χ0) is 13.8. The molecule has 3 aromatic carbocycles. The van der Waals surface area contributed by atoms with Crippen molar-refractivity contribution in [3.8, 4) is 11.1 Å². The summed E-state index contributed by atoms with van der Waals surface area (Å²) in [6.45, 7) is 2.13. The Kier molecular flexibility index (Phi) is 4.01. The fraction of sp³-hybridized carbons (Fsp3) is 0.0526. The van der Waals surface area contributed by atoms with E-state index < -0.39 is 0 Å². The van der Waals surface area contributed by atoms with Gasteiger partial charge in [0.05, 0.1) is 0 Å². The summed E-state index contributed by atoms with van der Waals surface area (Å²) < 4.78 is 2.86. The van der Waals surface area contributed by atoms with Crippen molar-refractivity contribution in [1.82, 2.24) is 0 Å². The molecule has 0 aliphatic heterocycles. The fourth-order valence-electron chi connectivity index (χ4n) is 2.15. The molecule has 0 aliphatic carbocycles. The average Bonchev–Trinajstić information content (AvgIpc) is 2.51. The van der Waals surface area contributed by atoms with Gasteiger partial charge in [-0.1, -0.05) is 0 Å². The topological polar surface area (TPSA) is 0 Å². The summed E-state index contributed by atoms with van der Waals surface area (Å²) in [6, 6.07) is 28.3. The van der Waals surface area contributed by atoms with Crippen molar-refractivity contribution in [2.45, 2.75) is 6.92 Å². The molecule has 0 saturated carbocycles. The van der Waals surface area contributed by atoms with Crippen molar-refractivity contribution < 1.29 is 0 Å². The first-order valence-corrected chi connectivity index (χ1v) is 8.43. The molecule has 3 rings (SSSR count). The van der Waals surface area contributed by atoms with Gasteiger partial charge in [-0.25, -0.2) is 0 Å². The van der Waals surface area contributed by atoms with Gasteiger partial charge in [0.2, 0.25) is 0 Å². The Bertz CT molecular complexity index is 684. The van der Waals surface area contributed by atoms with Gasteiger partial charge in [0, 0.05) is 0 Å². The molecular formula is C19H16Se. The number of aryl methyl sites for hydroxylation is 1. The minimum atomic E-state index is 0.347. The van der Waals surface area contributed by atoms with Gasteiger partial charge in [-0.05, 0) is 0 Å². The van der Waals surface area contributed by atoms with Crippen LogP contribution < -0.4 is 8.92 Å². The summed E-state index contributed by atoms with van der Waals surface area (Å²) in [5.41, 5.74) is 3.98. The van der Waals surface area contributed by atoms with Crippen LogP contribution in [-0.2, 0) is 0 Å². The maximum absolute atomic E-state index is 2.25. The Hall–Kier alpha value is -1.82. The minimum absolute atomic E-state index is 0.347. The zero-order valence-electron chi connectivity index (χ0n) is 11.4. The van der Waals surface area contributed by atoms with E-state index in [2.05, 4.69) is 85.8 Å². The van der Waals surface area contributed by atoms with Gasteiger partial charge in [0.15, 0.2) is 0 Å². The SMILES string of the molecule is Cc1ccc([Se]c2ccccc2-c2ccccc2)cc1. The fourth-order valence-corrected chi connectivity index (χ4v) is 4.18. The van der Waals surface area contributed by atoms with Crippen LogP contribution in [0, 0.1) is 6.92 Å². The van der Waals surface area contributed by atoms with Gasteiger partial charge in [-0.2, -0.15) is 0 Å². The van der Waals surface area contributed by atoms with Crippen molar-refractivity contribution in [1.29, 1.82) is 0 Å². The van der Waals surface area contributed by atoms with Gasteiger partial charge in [-0.15, -0.1) is 0 Å². The third kappa shape index (κ3) is 3.01. The van der Waals surface area contributed by atoms with Crippen LogP contribution in [0.15, 0.2) is 78.9 Å². The predicted molar refractivity (Wildman–Crippen MR) is 88.1 cm³/mol. The molecule has 0 heterocycles. The molecule has 0 N–H and O–H groups in total. The van der Waals surface area contributed by atoms with Crippen LogP contribution in [-0.4, -0.2) is 15.0 Å². The van der Waals surface area contributed by atoms with Gasteiger partial charge < -0.3 is 0 Å². The van der Waals surface area contributed by atoms with E-state index in [1.807, 2.05) is 0 Å². The van der Waals surface area contributed by atoms with E-state index >= 15 is 0 Å². The van der Waals surface area contributed by atoms with Crippen LogP contribution in [0.1, 0.15) is 5.56 Å². The monoisotopic (exact) mass is 324 g/mol. The number of hydrogen-bond acceptors (Lipinski definition) is 0. The van der Waals surface area contributed by atoms with E-state index in [0.717, 1.165) is 0 Å². The Labute approximate surface area is 126 Å². The van der Waals surface area contributed by atoms with E-state index in [0.29, 0.717) is 15.0 Å². The maximum atomic E-state index is 2.25. The Balaban J connectivity index is 1.96. The molecule has 0 atom stereocenters. The predicted octanol–water partition coefficient (Wildman–Crippen LogP) is 3.32. The summed E-state index contributed by atoms with van der Waals surface area (Å²) in [4.78, 5) is 0. The van der Waals surface area contributed by atoms with E-state index in [9.17, 15) is 0 Å².